The Balaban J connectivity index is 2.80. The topological polar surface area (TPSA) is 66.8 Å². The molecular weight excluding hydrogens is 208 g/mol. The molecule has 0 bridgehead atoms. The highest BCUT2D eigenvalue weighted by molar-refractivity contribution is 5.76. The van der Waals surface area contributed by atoms with Crippen LogP contribution in [0.1, 0.15) is 40.5 Å². The minimum Gasteiger partial charge on any atom is -0.393 e. The Hall–Kier alpha value is -0.450. The van der Waals surface area contributed by atoms with Crippen molar-refractivity contribution >= 4 is 5.78 Å². The van der Waals surface area contributed by atoms with Gasteiger partial charge in [0, 0.05) is 12.3 Å². The first-order valence-electron chi connectivity index (χ1n) is 5.83. The fourth-order valence-corrected chi connectivity index (χ4v) is 2.39. The molecule has 1 rings (SSSR count). The van der Waals surface area contributed by atoms with Crippen molar-refractivity contribution in [2.45, 2.75) is 58.5 Å². The van der Waals surface area contributed by atoms with Crippen LogP contribution in [0.15, 0.2) is 0 Å². The van der Waals surface area contributed by atoms with Gasteiger partial charge in [-0.15, -0.1) is 0 Å². The minimum absolute atomic E-state index is 0.0211. The molecule has 0 unspecified atom stereocenters. The summed E-state index contributed by atoms with van der Waals surface area (Å²) in [5.41, 5.74) is 0. The van der Waals surface area contributed by atoms with Crippen LogP contribution in [0.25, 0.3) is 0 Å². The highest BCUT2D eigenvalue weighted by Crippen LogP contribution is 2.36. The number of rotatable bonds is 3. The van der Waals surface area contributed by atoms with Gasteiger partial charge in [-0.05, 0) is 12.8 Å². The van der Waals surface area contributed by atoms with E-state index in [9.17, 15) is 15.0 Å². The van der Waals surface area contributed by atoms with Gasteiger partial charge in [-0.3, -0.25) is 4.79 Å². The molecule has 1 aliphatic rings. The van der Waals surface area contributed by atoms with Crippen molar-refractivity contribution in [2.24, 2.45) is 11.8 Å². The second kappa shape index (κ2) is 4.82. The molecule has 1 heterocycles. The number of aliphatic hydroxyl groups excluding tert-OH is 1. The third kappa shape index (κ3) is 3.03. The summed E-state index contributed by atoms with van der Waals surface area (Å²) < 4.78 is 5.60. The lowest BCUT2D eigenvalue weighted by Gasteiger charge is -2.44. The lowest BCUT2D eigenvalue weighted by molar-refractivity contribution is -0.294. The van der Waals surface area contributed by atoms with Crippen LogP contribution in [0.3, 0.4) is 0 Å². The molecule has 4 heteroatoms. The second-order valence-corrected chi connectivity index (χ2v) is 5.28. The summed E-state index contributed by atoms with van der Waals surface area (Å²) in [7, 11) is 0. The molecule has 4 nitrogen and oxygen atoms in total. The summed E-state index contributed by atoms with van der Waals surface area (Å²) in [5, 5.41) is 20.0. The van der Waals surface area contributed by atoms with E-state index < -0.39 is 11.9 Å². The average molecular weight is 230 g/mol. The van der Waals surface area contributed by atoms with Crippen LogP contribution < -0.4 is 0 Å². The third-order valence-electron chi connectivity index (χ3n) is 3.19. The van der Waals surface area contributed by atoms with Gasteiger partial charge in [0.2, 0.25) is 0 Å². The maximum atomic E-state index is 11.1. The number of ketones is 1. The number of Topliss-reactive ketones (excluding diaryl/α,β-unsaturated/α-hetero) is 1. The fraction of sp³-hybridized carbons (Fsp3) is 0.917. The Morgan fingerprint density at radius 2 is 2.12 bits per heavy atom. The molecule has 1 fully saturated rings. The molecule has 0 aromatic heterocycles. The van der Waals surface area contributed by atoms with Gasteiger partial charge >= 0.3 is 0 Å². The predicted octanol–water partition coefficient (Wildman–Crippen LogP) is 1.10. The summed E-state index contributed by atoms with van der Waals surface area (Å²) in [6.07, 6.45) is -0.782. The molecule has 0 saturated carbocycles. The Morgan fingerprint density at radius 1 is 1.56 bits per heavy atom. The van der Waals surface area contributed by atoms with E-state index >= 15 is 0 Å². The summed E-state index contributed by atoms with van der Waals surface area (Å²) in [6, 6.07) is 0. The molecule has 0 aromatic carbocycles. The molecule has 0 amide bonds. The first kappa shape index (κ1) is 13.6. The Labute approximate surface area is 96.6 Å². The fourth-order valence-electron chi connectivity index (χ4n) is 2.39. The predicted molar refractivity (Wildman–Crippen MR) is 59.7 cm³/mol. The summed E-state index contributed by atoms with van der Waals surface area (Å²) in [4.78, 5) is 11.1. The molecule has 0 spiro atoms. The minimum atomic E-state index is -1.49. The van der Waals surface area contributed by atoms with Gasteiger partial charge in [-0.1, -0.05) is 20.8 Å². The van der Waals surface area contributed by atoms with Gasteiger partial charge in [0.1, 0.15) is 5.78 Å². The Kier molecular flexibility index (Phi) is 4.10. The number of carbonyl (C=O) groups is 1. The van der Waals surface area contributed by atoms with Crippen LogP contribution in [0.4, 0.5) is 0 Å². The molecule has 4 atom stereocenters. The van der Waals surface area contributed by atoms with E-state index in [2.05, 4.69) is 0 Å². The highest BCUT2D eigenvalue weighted by Gasteiger charge is 2.45. The molecule has 1 aliphatic heterocycles. The van der Waals surface area contributed by atoms with Crippen molar-refractivity contribution in [1.29, 1.82) is 0 Å². The number of aliphatic hydroxyl groups is 2. The Bertz CT molecular complexity index is 264. The number of hydrogen-bond donors (Lipinski definition) is 2. The highest BCUT2D eigenvalue weighted by atomic mass is 16.6. The Morgan fingerprint density at radius 3 is 2.56 bits per heavy atom. The van der Waals surface area contributed by atoms with Gasteiger partial charge in [0.15, 0.2) is 5.79 Å². The van der Waals surface area contributed by atoms with Crippen LogP contribution in [0.2, 0.25) is 0 Å². The molecule has 0 aliphatic carbocycles. The lowest BCUT2D eigenvalue weighted by Crippen LogP contribution is -2.53. The van der Waals surface area contributed by atoms with Crippen LogP contribution in [0.5, 0.6) is 0 Å². The molecular formula is C12H22O4. The lowest BCUT2D eigenvalue weighted by atomic mass is 9.82. The SMILES string of the molecule is CC(=O)C[C@]1(O)C[C@H](O)[C@@H](C)[C@H](C(C)C)O1. The van der Waals surface area contributed by atoms with E-state index in [4.69, 9.17) is 4.74 Å². The maximum absolute atomic E-state index is 11.1. The van der Waals surface area contributed by atoms with Gasteiger partial charge < -0.3 is 14.9 Å². The monoisotopic (exact) mass is 230 g/mol. The van der Waals surface area contributed by atoms with Gasteiger partial charge in [0.05, 0.1) is 18.6 Å². The number of carbonyl (C=O) groups excluding carboxylic acids is 1. The zero-order chi connectivity index (χ0) is 12.5. The standard InChI is InChI=1S/C12H22O4/c1-7(2)11-9(4)10(14)6-12(15,16-11)5-8(3)13/h7,9-11,14-15H,5-6H2,1-4H3/t9-,10+,11+,12-/m1/s1. The number of hydrogen-bond acceptors (Lipinski definition) is 4. The molecule has 0 aromatic rings. The van der Waals surface area contributed by atoms with E-state index in [-0.39, 0.29) is 36.6 Å². The van der Waals surface area contributed by atoms with Gasteiger partial charge in [-0.2, -0.15) is 0 Å². The van der Waals surface area contributed by atoms with Crippen LogP contribution in [-0.2, 0) is 9.53 Å². The van der Waals surface area contributed by atoms with Gasteiger partial charge in [0.25, 0.3) is 0 Å². The van der Waals surface area contributed by atoms with Crippen LogP contribution in [-0.4, -0.2) is 34.0 Å². The normalized spacial score (nSPS) is 40.1. The molecule has 94 valence electrons. The van der Waals surface area contributed by atoms with Gasteiger partial charge in [-0.25, -0.2) is 0 Å². The van der Waals surface area contributed by atoms with E-state index in [1.165, 1.54) is 6.92 Å². The third-order valence-corrected chi connectivity index (χ3v) is 3.19. The maximum Gasteiger partial charge on any atom is 0.175 e. The number of ether oxygens (including phenoxy) is 1. The molecule has 2 N–H and O–H groups in total. The zero-order valence-corrected chi connectivity index (χ0v) is 10.4. The van der Waals surface area contributed by atoms with Crippen molar-refractivity contribution < 1.29 is 19.7 Å². The summed E-state index contributed by atoms with van der Waals surface area (Å²) in [6.45, 7) is 7.28. The first-order valence-corrected chi connectivity index (χ1v) is 5.83. The molecule has 1 saturated heterocycles. The van der Waals surface area contributed by atoms with Crippen molar-refractivity contribution in [1.82, 2.24) is 0 Å². The molecule has 16 heavy (non-hydrogen) atoms. The van der Waals surface area contributed by atoms with Crippen molar-refractivity contribution in [3.8, 4) is 0 Å². The van der Waals surface area contributed by atoms with E-state index in [0.717, 1.165) is 0 Å². The van der Waals surface area contributed by atoms with Crippen molar-refractivity contribution in [2.75, 3.05) is 0 Å². The quantitative estimate of drug-likeness (QED) is 0.761. The average Bonchev–Trinajstić information content (AvgIpc) is 2.09. The second-order valence-electron chi connectivity index (χ2n) is 5.28. The zero-order valence-electron chi connectivity index (χ0n) is 10.4. The van der Waals surface area contributed by atoms with Crippen LogP contribution in [0, 0.1) is 11.8 Å². The van der Waals surface area contributed by atoms with Crippen molar-refractivity contribution in [3.05, 3.63) is 0 Å². The van der Waals surface area contributed by atoms with E-state index in [1.807, 2.05) is 20.8 Å². The van der Waals surface area contributed by atoms with E-state index in [1.54, 1.807) is 0 Å². The van der Waals surface area contributed by atoms with E-state index in [0.29, 0.717) is 0 Å². The summed E-state index contributed by atoms with van der Waals surface area (Å²) in [5.74, 6) is -1.45. The smallest absolute Gasteiger partial charge is 0.175 e. The van der Waals surface area contributed by atoms with Crippen LogP contribution >= 0.6 is 0 Å². The molecule has 0 radical (unpaired) electrons. The van der Waals surface area contributed by atoms with Crippen molar-refractivity contribution in [3.63, 3.8) is 0 Å². The largest absolute Gasteiger partial charge is 0.393 e. The summed E-state index contributed by atoms with van der Waals surface area (Å²) >= 11 is 0. The first-order chi connectivity index (χ1) is 7.25.